The Morgan fingerprint density at radius 3 is 1.74 bits per heavy atom. The molecule has 2 heterocycles. The average Bonchev–Trinajstić information content (AvgIpc) is 3.91. The Labute approximate surface area is 361 Å². The lowest BCUT2D eigenvalue weighted by Crippen LogP contribution is -2.10. The lowest BCUT2D eigenvalue weighted by molar-refractivity contribution is 1.28. The zero-order chi connectivity index (χ0) is 40.3. The van der Waals surface area contributed by atoms with Gasteiger partial charge < -0.3 is 4.90 Å². The van der Waals surface area contributed by atoms with Crippen molar-refractivity contribution in [3.05, 3.63) is 218 Å². The molecule has 0 N–H and O–H groups in total. The van der Waals surface area contributed by atoms with Crippen LogP contribution in [0.5, 0.6) is 0 Å². The highest BCUT2D eigenvalue weighted by atomic mass is 32.1. The fourth-order valence-electron chi connectivity index (χ4n) is 8.79. The minimum atomic E-state index is 1.06. The van der Waals surface area contributed by atoms with Gasteiger partial charge in [-0.3, -0.25) is 0 Å². The lowest BCUT2D eigenvalue weighted by Gasteiger charge is -2.26. The number of thiophene rings is 1. The van der Waals surface area contributed by atoms with Crippen molar-refractivity contribution in [1.29, 1.82) is 0 Å². The Balaban J connectivity index is 0.927. The summed E-state index contributed by atoms with van der Waals surface area (Å²) in [4.78, 5) is 7.44. The van der Waals surface area contributed by atoms with Crippen molar-refractivity contribution in [2.75, 3.05) is 4.90 Å². The van der Waals surface area contributed by atoms with Crippen LogP contribution in [-0.4, -0.2) is 4.98 Å². The number of fused-ring (bicyclic) bond motifs is 6. The largest absolute Gasteiger partial charge is 0.310 e. The summed E-state index contributed by atoms with van der Waals surface area (Å²) in [5.74, 6) is 0. The second-order valence-corrected chi connectivity index (χ2v) is 17.7. The molecule has 0 aliphatic heterocycles. The summed E-state index contributed by atoms with van der Waals surface area (Å²) >= 11 is 3.63. The Bertz CT molecular complexity index is 3580. The van der Waals surface area contributed by atoms with Crippen LogP contribution in [0, 0.1) is 0 Å². The van der Waals surface area contributed by atoms with Crippen molar-refractivity contribution in [1.82, 2.24) is 4.98 Å². The highest BCUT2D eigenvalue weighted by molar-refractivity contribution is 7.26. The van der Waals surface area contributed by atoms with Crippen LogP contribution in [-0.2, 0) is 0 Å². The van der Waals surface area contributed by atoms with Crippen molar-refractivity contribution in [3.8, 4) is 44.0 Å². The molecule has 12 rings (SSSR count). The normalized spacial score (nSPS) is 11.6. The second kappa shape index (κ2) is 14.7. The standard InChI is InChI=1S/C57H36N2S2/c1-2-12-41(13-3-1)57-58-53-35-52-51-34-44(26-31-54(51)60-55(52)36-56(53)61-57)39-24-29-47(30-25-39)59(46-27-22-38(23-28-46)43-21-20-37-10-4-5-14-42(37)32-43)48-17-8-16-45(33-48)50-19-9-15-40-11-6-7-18-49(40)50/h1-36H. The maximum absolute atomic E-state index is 5.06. The zero-order valence-electron chi connectivity index (χ0n) is 33.0. The molecule has 0 saturated carbocycles. The lowest BCUT2D eigenvalue weighted by atomic mass is 9.97. The summed E-state index contributed by atoms with van der Waals surface area (Å²) < 4.78 is 3.82. The van der Waals surface area contributed by atoms with Gasteiger partial charge in [0.1, 0.15) is 5.01 Å². The summed E-state index contributed by atoms with van der Waals surface area (Å²) in [5, 5.41) is 8.59. The molecule has 0 unspecified atom stereocenters. The Hall–Kier alpha value is -7.37. The first-order chi connectivity index (χ1) is 30.2. The zero-order valence-corrected chi connectivity index (χ0v) is 34.6. The van der Waals surface area contributed by atoms with Gasteiger partial charge >= 0.3 is 0 Å². The van der Waals surface area contributed by atoms with Gasteiger partial charge in [-0.15, -0.1) is 22.7 Å². The topological polar surface area (TPSA) is 16.1 Å². The van der Waals surface area contributed by atoms with Gasteiger partial charge in [-0.25, -0.2) is 4.98 Å². The van der Waals surface area contributed by atoms with E-state index in [1.807, 2.05) is 11.3 Å². The number of hydrogen-bond acceptors (Lipinski definition) is 4. The summed E-state index contributed by atoms with van der Waals surface area (Å²) in [6.07, 6.45) is 0. The van der Waals surface area contributed by atoms with E-state index in [9.17, 15) is 0 Å². The van der Waals surface area contributed by atoms with Crippen LogP contribution in [0.2, 0.25) is 0 Å². The molecule has 286 valence electrons. The maximum Gasteiger partial charge on any atom is 0.124 e. The monoisotopic (exact) mass is 812 g/mol. The summed E-state index contributed by atoms with van der Waals surface area (Å²) in [6, 6.07) is 79.5. The highest BCUT2D eigenvalue weighted by Crippen LogP contribution is 2.43. The van der Waals surface area contributed by atoms with E-state index >= 15 is 0 Å². The van der Waals surface area contributed by atoms with Gasteiger partial charge in [0.2, 0.25) is 0 Å². The molecule has 12 aromatic rings. The molecule has 2 aromatic heterocycles. The first kappa shape index (κ1) is 35.6. The number of hydrogen-bond donors (Lipinski definition) is 0. The van der Waals surface area contributed by atoms with Gasteiger partial charge in [-0.1, -0.05) is 152 Å². The van der Waals surface area contributed by atoms with Crippen LogP contribution in [0.4, 0.5) is 17.1 Å². The van der Waals surface area contributed by atoms with Gasteiger partial charge in [0, 0.05) is 42.8 Å². The minimum absolute atomic E-state index is 1.06. The molecule has 0 spiro atoms. The predicted octanol–water partition coefficient (Wildman–Crippen LogP) is 17.1. The molecule has 61 heavy (non-hydrogen) atoms. The second-order valence-electron chi connectivity index (χ2n) is 15.6. The van der Waals surface area contributed by atoms with Crippen LogP contribution in [0.1, 0.15) is 0 Å². The third-order valence-corrected chi connectivity index (χ3v) is 14.1. The molecule has 4 heteroatoms. The van der Waals surface area contributed by atoms with E-state index in [4.69, 9.17) is 4.98 Å². The molecule has 0 aliphatic carbocycles. The molecule has 0 aliphatic rings. The van der Waals surface area contributed by atoms with Gasteiger partial charge in [0.05, 0.1) is 10.2 Å². The maximum atomic E-state index is 5.06. The molecule has 0 atom stereocenters. The van der Waals surface area contributed by atoms with E-state index in [0.29, 0.717) is 0 Å². The van der Waals surface area contributed by atoms with Gasteiger partial charge in [-0.05, 0) is 122 Å². The van der Waals surface area contributed by atoms with Crippen LogP contribution in [0.3, 0.4) is 0 Å². The number of benzene rings is 10. The van der Waals surface area contributed by atoms with Crippen molar-refractivity contribution in [2.45, 2.75) is 0 Å². The Kier molecular flexibility index (Phi) is 8.58. The fraction of sp³-hybridized carbons (Fsp3) is 0. The van der Waals surface area contributed by atoms with Crippen LogP contribution in [0.25, 0.3) is 95.9 Å². The average molecular weight is 813 g/mol. The molecule has 0 amide bonds. The van der Waals surface area contributed by atoms with Crippen molar-refractivity contribution in [3.63, 3.8) is 0 Å². The molecular formula is C57H36N2S2. The molecular weight excluding hydrogens is 777 g/mol. The smallest absolute Gasteiger partial charge is 0.124 e. The van der Waals surface area contributed by atoms with E-state index < -0.39 is 0 Å². The van der Waals surface area contributed by atoms with E-state index in [-0.39, 0.29) is 0 Å². The van der Waals surface area contributed by atoms with Gasteiger partial charge in [0.25, 0.3) is 0 Å². The summed E-state index contributed by atoms with van der Waals surface area (Å²) in [6.45, 7) is 0. The predicted molar refractivity (Wildman–Crippen MR) is 264 cm³/mol. The van der Waals surface area contributed by atoms with E-state index in [1.54, 1.807) is 11.3 Å². The summed E-state index contributed by atoms with van der Waals surface area (Å²) in [7, 11) is 0. The SMILES string of the molecule is c1ccc(-c2nc3cc4c(cc3s2)sc2ccc(-c3ccc(N(c5ccc(-c6ccc7ccccc7c6)cc5)c5cccc(-c6cccc7ccccc67)c5)cc3)cc24)cc1. The molecule has 0 radical (unpaired) electrons. The molecule has 10 aromatic carbocycles. The molecule has 0 bridgehead atoms. The van der Waals surface area contributed by atoms with Crippen molar-refractivity contribution in [2.24, 2.45) is 0 Å². The fourth-order valence-corrected chi connectivity index (χ4v) is 11.0. The first-order valence-corrected chi connectivity index (χ1v) is 22.2. The number of thiazole rings is 1. The van der Waals surface area contributed by atoms with E-state index in [2.05, 4.69) is 223 Å². The number of nitrogens with zero attached hydrogens (tertiary/aromatic N) is 2. The van der Waals surface area contributed by atoms with Crippen LogP contribution >= 0.6 is 22.7 Å². The third-order valence-electron chi connectivity index (χ3n) is 11.9. The third kappa shape index (κ3) is 6.45. The van der Waals surface area contributed by atoms with E-state index in [0.717, 1.165) is 33.1 Å². The number of anilines is 3. The summed E-state index contributed by atoms with van der Waals surface area (Å²) in [5.41, 5.74) is 12.7. The quantitative estimate of drug-likeness (QED) is 0.159. The van der Waals surface area contributed by atoms with Gasteiger partial charge in [-0.2, -0.15) is 0 Å². The van der Waals surface area contributed by atoms with Crippen molar-refractivity contribution < 1.29 is 0 Å². The molecule has 2 nitrogen and oxygen atoms in total. The number of aromatic nitrogens is 1. The highest BCUT2D eigenvalue weighted by Gasteiger charge is 2.17. The van der Waals surface area contributed by atoms with Crippen LogP contribution < -0.4 is 4.90 Å². The first-order valence-electron chi connectivity index (χ1n) is 20.6. The van der Waals surface area contributed by atoms with Crippen molar-refractivity contribution >= 4 is 91.7 Å². The Morgan fingerprint density at radius 2 is 0.934 bits per heavy atom. The Morgan fingerprint density at radius 1 is 0.311 bits per heavy atom. The van der Waals surface area contributed by atoms with E-state index in [1.165, 1.54) is 79.8 Å². The number of rotatable bonds is 7. The van der Waals surface area contributed by atoms with Gasteiger partial charge in [0.15, 0.2) is 0 Å². The molecule has 0 fully saturated rings. The van der Waals surface area contributed by atoms with Crippen LogP contribution in [0.15, 0.2) is 218 Å². The minimum Gasteiger partial charge on any atom is -0.310 e. The molecule has 0 saturated heterocycles.